The number of hydrazone groups is 1. The Bertz CT molecular complexity index is 469. The lowest BCUT2D eigenvalue weighted by Gasteiger charge is -2.19. The van der Waals surface area contributed by atoms with Gasteiger partial charge in [-0.2, -0.15) is 5.10 Å². The van der Waals surface area contributed by atoms with E-state index in [-0.39, 0.29) is 0 Å². The highest BCUT2D eigenvalue weighted by Gasteiger charge is 2.15. The molecule has 0 aliphatic carbocycles. The van der Waals surface area contributed by atoms with Gasteiger partial charge in [-0.25, -0.2) is 15.8 Å². The predicted octanol–water partition coefficient (Wildman–Crippen LogP) is 0.814. The molecular formula is C12H18ClN5O2. The van der Waals surface area contributed by atoms with Crippen molar-refractivity contribution < 1.29 is 9.53 Å². The number of ether oxygens (including phenoxy) is 1. The summed E-state index contributed by atoms with van der Waals surface area (Å²) in [4.78, 5) is 10.9. The first kappa shape index (κ1) is 16.1. The molecule has 110 valence electrons. The summed E-state index contributed by atoms with van der Waals surface area (Å²) >= 11 is 6.07. The Balaban J connectivity index is 2.64. The molecule has 0 fully saturated rings. The molecule has 1 aromatic carbocycles. The topological polar surface area (TPSA) is 120 Å². The molecule has 8 heteroatoms. The fraction of sp³-hybridized carbons (Fsp3) is 0.333. The molecule has 0 radical (unpaired) electrons. The highest BCUT2D eigenvalue weighted by atomic mass is 35.5. The van der Waals surface area contributed by atoms with E-state index in [2.05, 4.69) is 5.10 Å². The van der Waals surface area contributed by atoms with E-state index in [4.69, 9.17) is 33.6 Å². The minimum atomic E-state index is -0.840. The van der Waals surface area contributed by atoms with E-state index in [0.717, 1.165) is 17.0 Å². The third-order valence-corrected chi connectivity index (χ3v) is 2.95. The predicted molar refractivity (Wildman–Crippen MR) is 77.8 cm³/mol. The first-order valence-electron chi connectivity index (χ1n) is 5.98. The molecular weight excluding hydrogens is 282 g/mol. The zero-order valence-electron chi connectivity index (χ0n) is 10.9. The van der Waals surface area contributed by atoms with Crippen molar-refractivity contribution in [3.63, 3.8) is 0 Å². The van der Waals surface area contributed by atoms with Crippen molar-refractivity contribution >= 4 is 24.0 Å². The van der Waals surface area contributed by atoms with Crippen molar-refractivity contribution in [1.82, 2.24) is 5.12 Å². The summed E-state index contributed by atoms with van der Waals surface area (Å²) in [5, 5.41) is 5.43. The number of nitrogens with zero attached hydrogens (tertiary/aromatic N) is 2. The van der Waals surface area contributed by atoms with Gasteiger partial charge in [0.15, 0.2) is 0 Å². The van der Waals surface area contributed by atoms with Crippen molar-refractivity contribution in [2.75, 3.05) is 6.54 Å². The van der Waals surface area contributed by atoms with E-state index in [1.165, 1.54) is 0 Å². The molecule has 0 heterocycles. The molecule has 0 saturated carbocycles. The summed E-state index contributed by atoms with van der Waals surface area (Å²) in [6, 6.07) is 7.31. The molecule has 6 N–H and O–H groups in total. The number of hydrazine groups is 1. The summed E-state index contributed by atoms with van der Waals surface area (Å²) in [5.41, 5.74) is 11.1. The van der Waals surface area contributed by atoms with Crippen molar-refractivity contribution in [2.24, 2.45) is 22.4 Å². The number of carbonyl (C=O) groups excluding carboxylic acids is 1. The molecule has 0 saturated heterocycles. The Morgan fingerprint density at radius 3 is 2.80 bits per heavy atom. The van der Waals surface area contributed by atoms with Crippen LogP contribution in [0.2, 0.25) is 5.02 Å². The first-order chi connectivity index (χ1) is 9.52. The number of benzene rings is 1. The molecule has 1 aromatic rings. The largest absolute Gasteiger partial charge is 0.446 e. The molecule has 1 rings (SSSR count). The second-order valence-electron chi connectivity index (χ2n) is 4.07. The average Bonchev–Trinajstić information content (AvgIpc) is 2.38. The van der Waals surface area contributed by atoms with Crippen molar-refractivity contribution in [3.8, 4) is 0 Å². The Morgan fingerprint density at radius 1 is 1.50 bits per heavy atom. The second-order valence-corrected chi connectivity index (χ2v) is 4.48. The van der Waals surface area contributed by atoms with Crippen LogP contribution in [0.3, 0.4) is 0 Å². The summed E-state index contributed by atoms with van der Waals surface area (Å²) in [6.45, 7) is 0.357. The van der Waals surface area contributed by atoms with E-state index in [1.807, 2.05) is 18.2 Å². The van der Waals surface area contributed by atoms with Gasteiger partial charge in [0.25, 0.3) is 0 Å². The SMILES string of the molecule is N/C=N\N(N)CCC(Cc1ccccc1Cl)OC(N)=O. The van der Waals surface area contributed by atoms with Crippen LogP contribution in [0.5, 0.6) is 0 Å². The number of nitrogens with two attached hydrogens (primary N) is 3. The number of hydrogen-bond donors (Lipinski definition) is 3. The summed E-state index contributed by atoms with van der Waals surface area (Å²) in [5.74, 6) is 5.54. The summed E-state index contributed by atoms with van der Waals surface area (Å²) < 4.78 is 5.05. The smallest absolute Gasteiger partial charge is 0.404 e. The lowest BCUT2D eigenvalue weighted by molar-refractivity contribution is 0.0922. The maximum Gasteiger partial charge on any atom is 0.404 e. The first-order valence-corrected chi connectivity index (χ1v) is 6.36. The van der Waals surface area contributed by atoms with E-state index >= 15 is 0 Å². The van der Waals surface area contributed by atoms with Crippen LogP contribution >= 0.6 is 11.6 Å². The Hall–Kier alpha value is -1.99. The zero-order chi connectivity index (χ0) is 15.0. The van der Waals surface area contributed by atoms with E-state index < -0.39 is 12.2 Å². The molecule has 0 aliphatic rings. The van der Waals surface area contributed by atoms with Gasteiger partial charge in [-0.1, -0.05) is 29.8 Å². The Kier molecular flexibility index (Phi) is 6.61. The lowest BCUT2D eigenvalue weighted by atomic mass is 10.1. The normalized spacial score (nSPS) is 12.3. The van der Waals surface area contributed by atoms with Crippen LogP contribution < -0.4 is 17.3 Å². The van der Waals surface area contributed by atoms with Crippen LogP contribution in [0.4, 0.5) is 4.79 Å². The highest BCUT2D eigenvalue weighted by molar-refractivity contribution is 6.31. The number of rotatable bonds is 7. The second kappa shape index (κ2) is 8.23. The summed E-state index contributed by atoms with van der Waals surface area (Å²) in [6.07, 6.45) is 0.697. The molecule has 1 atom stereocenters. The Morgan fingerprint density at radius 2 is 2.20 bits per heavy atom. The average molecular weight is 300 g/mol. The zero-order valence-corrected chi connectivity index (χ0v) is 11.7. The molecule has 0 bridgehead atoms. The van der Waals surface area contributed by atoms with Crippen LogP contribution in [0.15, 0.2) is 29.4 Å². The van der Waals surface area contributed by atoms with Crippen LogP contribution in [0.1, 0.15) is 12.0 Å². The number of carbonyl (C=O) groups is 1. The number of halogens is 1. The molecule has 0 aliphatic heterocycles. The van der Waals surface area contributed by atoms with Crippen molar-refractivity contribution in [1.29, 1.82) is 0 Å². The molecule has 20 heavy (non-hydrogen) atoms. The fourth-order valence-electron chi connectivity index (χ4n) is 1.70. The van der Waals surface area contributed by atoms with Crippen molar-refractivity contribution in [3.05, 3.63) is 34.9 Å². The molecule has 0 aromatic heterocycles. The van der Waals surface area contributed by atoms with Gasteiger partial charge in [-0.05, 0) is 11.6 Å². The molecule has 1 unspecified atom stereocenters. The summed E-state index contributed by atoms with van der Waals surface area (Å²) in [7, 11) is 0. The minimum Gasteiger partial charge on any atom is -0.446 e. The van der Waals surface area contributed by atoms with Crippen LogP contribution in [-0.4, -0.2) is 30.2 Å². The Labute approximate surface area is 122 Å². The monoisotopic (exact) mass is 299 g/mol. The van der Waals surface area contributed by atoms with Gasteiger partial charge in [0.1, 0.15) is 12.4 Å². The highest BCUT2D eigenvalue weighted by Crippen LogP contribution is 2.19. The van der Waals surface area contributed by atoms with Gasteiger partial charge in [-0.15, -0.1) is 0 Å². The van der Waals surface area contributed by atoms with Gasteiger partial charge in [0, 0.05) is 17.9 Å². The van der Waals surface area contributed by atoms with Crippen molar-refractivity contribution in [2.45, 2.75) is 18.9 Å². The van der Waals surface area contributed by atoms with Gasteiger partial charge in [0.2, 0.25) is 0 Å². The maximum absolute atomic E-state index is 10.9. The third-order valence-electron chi connectivity index (χ3n) is 2.58. The lowest BCUT2D eigenvalue weighted by Crippen LogP contribution is -2.32. The van der Waals surface area contributed by atoms with Crippen LogP contribution in [-0.2, 0) is 11.2 Å². The quantitative estimate of drug-likeness (QED) is 0.298. The van der Waals surface area contributed by atoms with E-state index in [9.17, 15) is 4.79 Å². The molecule has 0 spiro atoms. The minimum absolute atomic E-state index is 0.357. The molecule has 7 nitrogen and oxygen atoms in total. The maximum atomic E-state index is 10.9. The van der Waals surface area contributed by atoms with Gasteiger partial charge >= 0.3 is 6.09 Å². The third kappa shape index (κ3) is 5.77. The number of amides is 1. The standard InChI is InChI=1S/C12H18ClN5O2/c13-11-4-2-1-3-9(11)7-10(20-12(15)19)5-6-18(16)17-8-14/h1-4,8,10H,5-7,16H2,(H2,14,17)(H2,15,19). The van der Waals surface area contributed by atoms with Gasteiger partial charge in [-0.3, -0.25) is 0 Å². The molecule has 1 amide bonds. The van der Waals surface area contributed by atoms with Crippen LogP contribution in [0, 0.1) is 0 Å². The van der Waals surface area contributed by atoms with Gasteiger partial charge in [0.05, 0.1) is 6.54 Å². The van der Waals surface area contributed by atoms with E-state index in [1.54, 1.807) is 6.07 Å². The number of primary amides is 1. The fourth-order valence-corrected chi connectivity index (χ4v) is 1.91. The number of hydrogen-bond acceptors (Lipinski definition) is 5. The van der Waals surface area contributed by atoms with E-state index in [0.29, 0.717) is 24.4 Å². The van der Waals surface area contributed by atoms with Crippen LogP contribution in [0.25, 0.3) is 0 Å². The van der Waals surface area contributed by atoms with Gasteiger partial charge < -0.3 is 16.2 Å².